The number of anilines is 3. The lowest BCUT2D eigenvalue weighted by Crippen LogP contribution is -2.52. The maximum atomic E-state index is 13.0. The molecule has 4 heterocycles. The van der Waals surface area contributed by atoms with Gasteiger partial charge in [-0.15, -0.1) is 0 Å². The van der Waals surface area contributed by atoms with E-state index in [2.05, 4.69) is 44.2 Å². The zero-order chi connectivity index (χ0) is 28.6. The first kappa shape index (κ1) is 27.8. The van der Waals surface area contributed by atoms with Crippen LogP contribution in [0.4, 0.5) is 17.3 Å². The van der Waals surface area contributed by atoms with Crippen molar-refractivity contribution in [3.8, 4) is 11.4 Å². The van der Waals surface area contributed by atoms with Crippen molar-refractivity contribution < 1.29 is 9.30 Å². The topological polar surface area (TPSA) is 78.8 Å². The van der Waals surface area contributed by atoms with Crippen LogP contribution in [0.3, 0.4) is 0 Å². The molecular weight excluding hydrogens is 533 g/mol. The van der Waals surface area contributed by atoms with Crippen LogP contribution in [0.2, 0.25) is 0 Å². The first-order valence-electron chi connectivity index (χ1n) is 14.4. The van der Waals surface area contributed by atoms with E-state index < -0.39 is 7.14 Å². The van der Waals surface area contributed by atoms with Gasteiger partial charge in [0, 0.05) is 80.1 Å². The summed E-state index contributed by atoms with van der Waals surface area (Å²) in [4.78, 5) is 17.0. The monoisotopic (exact) mass is 573 g/mol. The van der Waals surface area contributed by atoms with Gasteiger partial charge in [0.25, 0.3) is 0 Å². The zero-order valence-corrected chi connectivity index (χ0v) is 25.3. The third kappa shape index (κ3) is 5.85. The molecular formula is C31H40N7O2P. The van der Waals surface area contributed by atoms with E-state index in [1.54, 1.807) is 20.4 Å². The molecule has 216 valence electrons. The summed E-state index contributed by atoms with van der Waals surface area (Å²) in [5, 5.41) is 5.11. The molecule has 6 rings (SSSR count). The van der Waals surface area contributed by atoms with Crippen LogP contribution in [-0.2, 0) is 4.57 Å². The van der Waals surface area contributed by atoms with Crippen molar-refractivity contribution in [1.29, 1.82) is 0 Å². The lowest BCUT2D eigenvalue weighted by Gasteiger charge is -2.42. The molecule has 41 heavy (non-hydrogen) atoms. The predicted octanol–water partition coefficient (Wildman–Crippen LogP) is 4.64. The molecule has 2 saturated heterocycles. The van der Waals surface area contributed by atoms with Crippen molar-refractivity contribution in [2.75, 3.05) is 77.0 Å². The summed E-state index contributed by atoms with van der Waals surface area (Å²) in [6.45, 7) is 10.4. The molecule has 0 radical (unpaired) electrons. The van der Waals surface area contributed by atoms with Gasteiger partial charge in [0.1, 0.15) is 18.5 Å². The highest BCUT2D eigenvalue weighted by Crippen LogP contribution is 2.38. The predicted molar refractivity (Wildman–Crippen MR) is 169 cm³/mol. The Labute approximate surface area is 242 Å². The van der Waals surface area contributed by atoms with Gasteiger partial charge in [-0.2, -0.15) is 4.98 Å². The average molecular weight is 574 g/mol. The number of benzene rings is 2. The highest BCUT2D eigenvalue weighted by molar-refractivity contribution is 7.70. The summed E-state index contributed by atoms with van der Waals surface area (Å²) in [7, 11) is 1.43. The van der Waals surface area contributed by atoms with E-state index in [1.165, 1.54) is 44.7 Å². The Morgan fingerprint density at radius 3 is 2.46 bits per heavy atom. The smallest absolute Gasteiger partial charge is 0.229 e. The lowest BCUT2D eigenvalue weighted by atomic mass is 10.0. The SMILES string of the molecule is COc1cc(N2CCC(N3CCN(C)CC3)CC2)ccc1Nc1ncc2ccn(-c3ccccc3P(C)(C)=O)c2n1. The van der Waals surface area contributed by atoms with Crippen molar-refractivity contribution in [3.63, 3.8) is 0 Å². The zero-order valence-electron chi connectivity index (χ0n) is 24.5. The molecule has 2 aliphatic heterocycles. The minimum absolute atomic E-state index is 0.477. The fourth-order valence-corrected chi connectivity index (χ4v) is 7.25. The maximum absolute atomic E-state index is 13.0. The van der Waals surface area contributed by atoms with Crippen molar-refractivity contribution in [3.05, 3.63) is 60.9 Å². The van der Waals surface area contributed by atoms with Crippen LogP contribution in [0, 0.1) is 0 Å². The van der Waals surface area contributed by atoms with Crippen LogP contribution in [0.25, 0.3) is 16.7 Å². The van der Waals surface area contributed by atoms with Gasteiger partial charge in [-0.3, -0.25) is 4.90 Å². The van der Waals surface area contributed by atoms with Gasteiger partial charge in [0.15, 0.2) is 0 Å². The van der Waals surface area contributed by atoms with E-state index >= 15 is 0 Å². The van der Waals surface area contributed by atoms with Gasteiger partial charge < -0.3 is 29.0 Å². The van der Waals surface area contributed by atoms with Gasteiger partial charge in [-0.25, -0.2) is 4.98 Å². The summed E-state index contributed by atoms with van der Waals surface area (Å²) in [6.07, 6.45) is 6.15. The molecule has 0 spiro atoms. The number of rotatable bonds is 7. The summed E-state index contributed by atoms with van der Waals surface area (Å²) < 4.78 is 20.8. The molecule has 0 amide bonds. The molecule has 0 bridgehead atoms. The molecule has 10 heteroatoms. The second-order valence-electron chi connectivity index (χ2n) is 11.6. The van der Waals surface area contributed by atoms with Gasteiger partial charge >= 0.3 is 0 Å². The van der Waals surface area contributed by atoms with E-state index in [0.717, 1.165) is 46.6 Å². The van der Waals surface area contributed by atoms with Crippen LogP contribution in [0.15, 0.2) is 60.9 Å². The second-order valence-corrected chi connectivity index (χ2v) is 14.7. The molecule has 2 aliphatic rings. The van der Waals surface area contributed by atoms with Crippen molar-refractivity contribution in [1.82, 2.24) is 24.3 Å². The molecule has 0 aliphatic carbocycles. The fourth-order valence-electron chi connectivity index (χ4n) is 6.07. The van der Waals surface area contributed by atoms with Gasteiger partial charge in [0.2, 0.25) is 5.95 Å². The van der Waals surface area contributed by atoms with Crippen LogP contribution >= 0.6 is 7.14 Å². The third-order valence-electron chi connectivity index (χ3n) is 8.46. The number of likely N-dealkylation sites (N-methyl/N-ethyl adjacent to an activating group) is 1. The van der Waals surface area contributed by atoms with Crippen LogP contribution in [0.5, 0.6) is 5.75 Å². The Bertz CT molecular complexity index is 1570. The van der Waals surface area contributed by atoms with E-state index in [1.807, 2.05) is 53.4 Å². The number of hydrogen-bond donors (Lipinski definition) is 1. The number of ether oxygens (including phenoxy) is 1. The normalized spacial score (nSPS) is 17.7. The summed E-state index contributed by atoms with van der Waals surface area (Å²) >= 11 is 0. The maximum Gasteiger partial charge on any atom is 0.229 e. The highest BCUT2D eigenvalue weighted by Gasteiger charge is 2.27. The molecule has 1 N–H and O–H groups in total. The first-order chi connectivity index (χ1) is 19.8. The average Bonchev–Trinajstić information content (AvgIpc) is 3.41. The van der Waals surface area contributed by atoms with E-state index in [0.29, 0.717) is 12.0 Å². The Kier molecular flexibility index (Phi) is 7.77. The third-order valence-corrected chi connectivity index (χ3v) is 10.0. The van der Waals surface area contributed by atoms with Crippen LogP contribution in [-0.4, -0.2) is 97.1 Å². The quantitative estimate of drug-likeness (QED) is 0.321. The molecule has 0 saturated carbocycles. The molecule has 2 aromatic carbocycles. The minimum Gasteiger partial charge on any atom is -0.494 e. The second kappa shape index (κ2) is 11.5. The summed E-state index contributed by atoms with van der Waals surface area (Å²) in [6, 6.07) is 16.8. The summed E-state index contributed by atoms with van der Waals surface area (Å²) in [5.74, 6) is 1.23. The lowest BCUT2D eigenvalue weighted by molar-refractivity contribution is 0.0982. The Hall–Kier alpha value is -3.39. The molecule has 9 nitrogen and oxygen atoms in total. The molecule has 0 unspecified atom stereocenters. The Balaban J connectivity index is 1.19. The largest absolute Gasteiger partial charge is 0.494 e. The number of fused-ring (bicyclic) bond motifs is 1. The van der Waals surface area contributed by atoms with Gasteiger partial charge in [-0.05, 0) is 63.6 Å². The Morgan fingerprint density at radius 1 is 0.976 bits per heavy atom. The number of methoxy groups -OCH3 is 1. The number of piperidine rings is 1. The van der Waals surface area contributed by atoms with Crippen LogP contribution < -0.4 is 20.3 Å². The number of para-hydroxylation sites is 1. The van der Waals surface area contributed by atoms with Crippen molar-refractivity contribution in [2.45, 2.75) is 18.9 Å². The number of hydrogen-bond acceptors (Lipinski definition) is 8. The molecule has 0 atom stereocenters. The molecule has 2 aromatic heterocycles. The van der Waals surface area contributed by atoms with Gasteiger partial charge in [0.05, 0.1) is 18.5 Å². The van der Waals surface area contributed by atoms with Crippen molar-refractivity contribution >= 4 is 40.8 Å². The van der Waals surface area contributed by atoms with E-state index in [-0.39, 0.29) is 0 Å². The standard InChI is InChI=1S/C31H40N7O2P/c1-35-17-19-37(20-18-35)24-12-14-36(15-13-24)25-9-10-26(28(21-25)40-2)33-31-32-22-23-11-16-38(30(23)34-31)27-7-5-6-8-29(27)41(3,4)39/h5-11,16,21-22,24H,12-15,17-20H2,1-4H3,(H,32,33,34). The van der Waals surface area contributed by atoms with Gasteiger partial charge in [-0.1, -0.05) is 12.1 Å². The highest BCUT2D eigenvalue weighted by atomic mass is 31.2. The number of aromatic nitrogens is 3. The minimum atomic E-state index is -2.49. The van der Waals surface area contributed by atoms with Crippen LogP contribution in [0.1, 0.15) is 12.8 Å². The van der Waals surface area contributed by atoms with Crippen molar-refractivity contribution in [2.24, 2.45) is 0 Å². The first-order valence-corrected chi connectivity index (χ1v) is 17.0. The van der Waals surface area contributed by atoms with E-state index in [4.69, 9.17) is 9.72 Å². The number of piperazine rings is 1. The number of nitrogens with one attached hydrogen (secondary N) is 1. The van der Waals surface area contributed by atoms with E-state index in [9.17, 15) is 4.57 Å². The Morgan fingerprint density at radius 2 is 1.73 bits per heavy atom. The fraction of sp³-hybridized carbons (Fsp3) is 0.419. The molecule has 2 fully saturated rings. The molecule has 4 aromatic rings. The number of nitrogens with zero attached hydrogens (tertiary/aromatic N) is 6. The summed E-state index contributed by atoms with van der Waals surface area (Å²) in [5.41, 5.74) is 3.61.